The van der Waals surface area contributed by atoms with Crippen LogP contribution in [0.5, 0.6) is 11.5 Å². The highest BCUT2D eigenvalue weighted by atomic mass is 35.5. The lowest BCUT2D eigenvalue weighted by atomic mass is 10.0. The first kappa shape index (κ1) is 18.7. The first-order valence-corrected chi connectivity index (χ1v) is 9.60. The Kier molecular flexibility index (Phi) is 4.92. The van der Waals surface area contributed by atoms with Crippen LogP contribution in [0.1, 0.15) is 24.8 Å². The second-order valence-corrected chi connectivity index (χ2v) is 7.38. The summed E-state index contributed by atoms with van der Waals surface area (Å²) in [5.74, 6) is -0.478. The van der Waals surface area contributed by atoms with Gasteiger partial charge >= 0.3 is 0 Å². The summed E-state index contributed by atoms with van der Waals surface area (Å²) in [5, 5.41) is 9.55. The number of nitrogens with zero attached hydrogens (tertiary/aromatic N) is 3. The smallest absolute Gasteiger partial charge is 0.256 e. The van der Waals surface area contributed by atoms with Crippen LogP contribution in [0.3, 0.4) is 0 Å². The topological polar surface area (TPSA) is 56.6 Å². The average molecular weight is 416 g/mol. The summed E-state index contributed by atoms with van der Waals surface area (Å²) < 4.78 is 20.5. The first-order valence-electron chi connectivity index (χ1n) is 8.82. The molecule has 0 aliphatic carbocycles. The van der Waals surface area contributed by atoms with E-state index in [4.69, 9.17) is 28.6 Å². The van der Waals surface area contributed by atoms with Gasteiger partial charge in [0.15, 0.2) is 5.11 Å². The van der Waals surface area contributed by atoms with Crippen LogP contribution in [-0.4, -0.2) is 28.5 Å². The minimum Gasteiger partial charge on any atom is -0.454 e. The summed E-state index contributed by atoms with van der Waals surface area (Å²) >= 11 is 11.6. The van der Waals surface area contributed by atoms with E-state index in [-0.39, 0.29) is 34.2 Å². The van der Waals surface area contributed by atoms with E-state index < -0.39 is 5.82 Å². The van der Waals surface area contributed by atoms with Gasteiger partial charge < -0.3 is 9.64 Å². The SMILES string of the molecule is N#Cc1ccccc1Oc1cc(N2C(=O)[C@H]3CCCCN3C2=S)c(F)cc1Cl. The molecule has 1 amide bonds. The van der Waals surface area contributed by atoms with Crippen LogP contribution in [0.25, 0.3) is 0 Å². The van der Waals surface area contributed by atoms with Crippen molar-refractivity contribution in [2.24, 2.45) is 0 Å². The van der Waals surface area contributed by atoms with Gasteiger partial charge in [-0.3, -0.25) is 9.69 Å². The molecule has 0 unspecified atom stereocenters. The third-order valence-electron chi connectivity index (χ3n) is 4.91. The Morgan fingerprint density at radius 3 is 2.79 bits per heavy atom. The van der Waals surface area contributed by atoms with E-state index in [0.717, 1.165) is 18.9 Å². The number of nitriles is 1. The van der Waals surface area contributed by atoms with Gasteiger partial charge in [0, 0.05) is 12.6 Å². The van der Waals surface area contributed by atoms with Gasteiger partial charge in [-0.15, -0.1) is 0 Å². The van der Waals surface area contributed by atoms with E-state index in [9.17, 15) is 14.4 Å². The average Bonchev–Trinajstić information content (AvgIpc) is 2.95. The molecular weight excluding hydrogens is 401 g/mol. The van der Waals surface area contributed by atoms with Crippen LogP contribution in [0.4, 0.5) is 10.1 Å². The minimum atomic E-state index is -0.665. The number of piperidine rings is 1. The molecule has 2 heterocycles. The zero-order chi connectivity index (χ0) is 19.8. The molecule has 0 N–H and O–H groups in total. The number of rotatable bonds is 3. The van der Waals surface area contributed by atoms with Crippen LogP contribution in [0, 0.1) is 17.1 Å². The second-order valence-electron chi connectivity index (χ2n) is 6.61. The van der Waals surface area contributed by atoms with Crippen molar-refractivity contribution in [1.82, 2.24) is 4.90 Å². The fourth-order valence-electron chi connectivity index (χ4n) is 3.55. The molecule has 8 heteroatoms. The summed E-state index contributed by atoms with van der Waals surface area (Å²) in [6.45, 7) is 0.680. The Balaban J connectivity index is 1.73. The highest BCUT2D eigenvalue weighted by Crippen LogP contribution is 2.39. The van der Waals surface area contributed by atoms with E-state index in [2.05, 4.69) is 0 Å². The third kappa shape index (κ3) is 3.09. The Labute approximate surface area is 171 Å². The van der Waals surface area contributed by atoms with Gasteiger partial charge in [-0.2, -0.15) is 5.26 Å². The highest BCUT2D eigenvalue weighted by molar-refractivity contribution is 7.80. The van der Waals surface area contributed by atoms with E-state index in [0.29, 0.717) is 23.6 Å². The number of carbonyl (C=O) groups excluding carboxylic acids is 1. The van der Waals surface area contributed by atoms with E-state index >= 15 is 0 Å². The monoisotopic (exact) mass is 415 g/mol. The Morgan fingerprint density at radius 1 is 1.25 bits per heavy atom. The molecule has 1 atom stereocenters. The summed E-state index contributed by atoms with van der Waals surface area (Å²) in [6, 6.07) is 10.8. The number of amides is 1. The number of benzene rings is 2. The lowest BCUT2D eigenvalue weighted by molar-refractivity contribution is -0.120. The molecule has 2 saturated heterocycles. The maximum atomic E-state index is 14.7. The minimum absolute atomic E-state index is 0.00163. The van der Waals surface area contributed by atoms with Crippen LogP contribution >= 0.6 is 23.8 Å². The van der Waals surface area contributed by atoms with Crippen molar-refractivity contribution in [3.05, 3.63) is 52.8 Å². The van der Waals surface area contributed by atoms with E-state index in [1.54, 1.807) is 24.3 Å². The number of anilines is 1. The summed E-state index contributed by atoms with van der Waals surface area (Å²) in [5.41, 5.74) is 0.313. The number of para-hydroxylation sites is 1. The standard InChI is InChI=1S/C20H15ClFN3O2S/c21-13-9-14(22)16(10-18(13)27-17-7-2-1-5-12(17)11-23)25-19(26)15-6-3-4-8-24(15)20(25)28/h1-2,5,7,9-10,15H,3-4,6,8H2/t15-/m1/s1. The van der Waals surface area contributed by atoms with Crippen molar-refractivity contribution in [3.8, 4) is 17.6 Å². The molecule has 0 radical (unpaired) electrons. The maximum absolute atomic E-state index is 14.7. The number of halogens is 2. The molecule has 2 aromatic rings. The number of thiocarbonyl (C=S) groups is 1. The molecule has 2 aliphatic heterocycles. The van der Waals surface area contributed by atoms with Gasteiger partial charge in [-0.25, -0.2) is 4.39 Å². The van der Waals surface area contributed by atoms with Crippen molar-refractivity contribution < 1.29 is 13.9 Å². The van der Waals surface area contributed by atoms with Gasteiger partial charge in [0.1, 0.15) is 29.4 Å². The first-order chi connectivity index (χ1) is 13.5. The molecule has 0 aromatic heterocycles. The lowest BCUT2D eigenvalue weighted by Crippen LogP contribution is -2.38. The predicted octanol–water partition coefficient (Wildman–Crippen LogP) is 4.63. The number of hydrogen-bond acceptors (Lipinski definition) is 4. The summed E-state index contributed by atoms with van der Waals surface area (Å²) in [4.78, 5) is 15.9. The van der Waals surface area contributed by atoms with Crippen LogP contribution < -0.4 is 9.64 Å². The van der Waals surface area contributed by atoms with Crippen molar-refractivity contribution in [2.45, 2.75) is 25.3 Å². The summed E-state index contributed by atoms with van der Waals surface area (Å²) in [6.07, 6.45) is 2.58. The largest absolute Gasteiger partial charge is 0.454 e. The predicted molar refractivity (Wildman–Crippen MR) is 107 cm³/mol. The van der Waals surface area contributed by atoms with Gasteiger partial charge in [-0.1, -0.05) is 23.7 Å². The molecule has 2 aromatic carbocycles. The maximum Gasteiger partial charge on any atom is 0.256 e. The Morgan fingerprint density at radius 2 is 2.04 bits per heavy atom. The number of fused-ring (bicyclic) bond motifs is 1. The molecule has 4 rings (SSSR count). The number of carbonyl (C=O) groups is 1. The summed E-state index contributed by atoms with van der Waals surface area (Å²) in [7, 11) is 0. The Bertz CT molecular complexity index is 999. The molecular formula is C20H15ClFN3O2S. The molecule has 0 saturated carbocycles. The quantitative estimate of drug-likeness (QED) is 0.684. The van der Waals surface area contributed by atoms with Gasteiger partial charge in [0.05, 0.1) is 16.3 Å². The second kappa shape index (κ2) is 7.38. The molecule has 5 nitrogen and oxygen atoms in total. The van der Waals surface area contributed by atoms with Gasteiger partial charge in [0.25, 0.3) is 5.91 Å². The molecule has 0 spiro atoms. The zero-order valence-electron chi connectivity index (χ0n) is 14.7. The van der Waals surface area contributed by atoms with Crippen LogP contribution in [-0.2, 0) is 4.79 Å². The third-order valence-corrected chi connectivity index (χ3v) is 5.63. The molecule has 28 heavy (non-hydrogen) atoms. The number of hydrogen-bond donors (Lipinski definition) is 0. The van der Waals surface area contributed by atoms with Crippen LogP contribution in [0.15, 0.2) is 36.4 Å². The van der Waals surface area contributed by atoms with Crippen LogP contribution in [0.2, 0.25) is 5.02 Å². The van der Waals surface area contributed by atoms with Crippen molar-refractivity contribution in [1.29, 1.82) is 5.26 Å². The fourth-order valence-corrected chi connectivity index (χ4v) is 4.14. The van der Waals surface area contributed by atoms with Crippen molar-refractivity contribution >= 4 is 40.5 Å². The van der Waals surface area contributed by atoms with Crippen molar-refractivity contribution in [2.75, 3.05) is 11.4 Å². The number of ether oxygens (including phenoxy) is 1. The van der Waals surface area contributed by atoms with E-state index in [1.165, 1.54) is 11.0 Å². The van der Waals surface area contributed by atoms with Gasteiger partial charge in [-0.05, 0) is 49.7 Å². The van der Waals surface area contributed by atoms with E-state index in [1.807, 2.05) is 11.0 Å². The molecule has 2 fully saturated rings. The highest BCUT2D eigenvalue weighted by Gasteiger charge is 2.45. The Hall–Kier alpha value is -2.69. The lowest BCUT2D eigenvalue weighted by Gasteiger charge is -2.27. The van der Waals surface area contributed by atoms with Gasteiger partial charge in [0.2, 0.25) is 0 Å². The molecule has 2 aliphatic rings. The molecule has 0 bridgehead atoms. The molecule has 142 valence electrons. The van der Waals surface area contributed by atoms with Crippen molar-refractivity contribution in [3.63, 3.8) is 0 Å². The zero-order valence-corrected chi connectivity index (χ0v) is 16.3. The fraction of sp³-hybridized carbons (Fsp3) is 0.250. The normalized spacial score (nSPS) is 18.8.